The van der Waals surface area contributed by atoms with Crippen molar-refractivity contribution in [2.24, 2.45) is 0 Å². The Hall–Kier alpha value is -1.50. The third-order valence-electron chi connectivity index (χ3n) is 4.64. The summed E-state index contributed by atoms with van der Waals surface area (Å²) in [6.07, 6.45) is -0.970. The smallest absolute Gasteiger partial charge is 0.127 e. The molecule has 4 rings (SSSR count). The quantitative estimate of drug-likeness (QED) is 0.244. The maximum atomic E-state index is 15.0. The van der Waals surface area contributed by atoms with Crippen LogP contribution in [0.25, 0.3) is 21.8 Å². The zero-order valence-corrected chi connectivity index (χ0v) is 19.2. The van der Waals surface area contributed by atoms with E-state index >= 15 is 0 Å². The fourth-order valence-corrected chi connectivity index (χ4v) is 4.95. The Morgan fingerprint density at radius 3 is 2.21 bits per heavy atom. The maximum Gasteiger partial charge on any atom is 0.127 e. The number of rotatable bonds is 6. The van der Waals surface area contributed by atoms with Crippen LogP contribution in [0.15, 0.2) is 74.5 Å². The van der Waals surface area contributed by atoms with Gasteiger partial charge in [-0.15, -0.1) is 11.8 Å². The predicted octanol–water partition coefficient (Wildman–Crippen LogP) is 7.46. The Morgan fingerprint density at radius 1 is 0.964 bits per heavy atom. The van der Waals surface area contributed by atoms with Crippen LogP contribution >= 0.6 is 43.6 Å². The molecule has 144 valence electrons. The lowest BCUT2D eigenvalue weighted by molar-refractivity contribution is 0.333. The van der Waals surface area contributed by atoms with Gasteiger partial charge in [0.2, 0.25) is 0 Å². The molecule has 28 heavy (non-hydrogen) atoms. The molecule has 3 aromatic carbocycles. The van der Waals surface area contributed by atoms with Crippen molar-refractivity contribution in [3.63, 3.8) is 0 Å². The summed E-state index contributed by atoms with van der Waals surface area (Å²) in [6, 6.07) is 20.0. The van der Waals surface area contributed by atoms with E-state index in [0.717, 1.165) is 41.4 Å². The number of alkyl halides is 1. The predicted molar refractivity (Wildman–Crippen MR) is 123 cm³/mol. The van der Waals surface area contributed by atoms with E-state index in [1.54, 1.807) is 7.11 Å². The Bertz CT molecular complexity index is 1090. The molecule has 0 N–H and O–H groups in total. The van der Waals surface area contributed by atoms with Crippen LogP contribution in [0.2, 0.25) is 0 Å². The van der Waals surface area contributed by atoms with Crippen LogP contribution in [0.4, 0.5) is 4.39 Å². The van der Waals surface area contributed by atoms with Gasteiger partial charge >= 0.3 is 0 Å². The van der Waals surface area contributed by atoms with Crippen molar-refractivity contribution in [2.45, 2.75) is 17.6 Å². The minimum absolute atomic E-state index is 0.320. The molecule has 1 atom stereocenters. The first-order chi connectivity index (χ1) is 13.5. The van der Waals surface area contributed by atoms with E-state index in [9.17, 15) is 4.39 Å². The number of methoxy groups -OCH3 is 1. The van der Waals surface area contributed by atoms with Gasteiger partial charge < -0.3 is 9.30 Å². The van der Waals surface area contributed by atoms with Crippen molar-refractivity contribution < 1.29 is 9.13 Å². The summed E-state index contributed by atoms with van der Waals surface area (Å²) >= 11 is 8.61. The van der Waals surface area contributed by atoms with Gasteiger partial charge in [0.1, 0.15) is 11.9 Å². The molecule has 0 aliphatic rings. The summed E-state index contributed by atoms with van der Waals surface area (Å²) < 4.78 is 24.3. The molecule has 0 bridgehead atoms. The number of hydrogen-bond acceptors (Lipinski definition) is 2. The molecule has 0 aliphatic heterocycles. The fraction of sp³-hybridized carbons (Fsp3) is 0.182. The molecule has 1 aromatic heterocycles. The summed E-state index contributed by atoms with van der Waals surface area (Å²) in [5.41, 5.74) is 2.09. The lowest BCUT2D eigenvalue weighted by atomic mass is 10.2. The standard InChI is InChI=1S/C22H18Br2FNOS/c1-27-17-3-2-4-18(11-17)28-13-16(25)12-26-21-7-5-14(23)9-19(21)20-10-15(24)6-8-22(20)26/h2-11,16H,12-13H2,1H3. The first-order valence-electron chi connectivity index (χ1n) is 8.83. The molecule has 0 radical (unpaired) electrons. The molecule has 0 spiro atoms. The fourth-order valence-electron chi connectivity index (χ4n) is 3.37. The molecule has 0 aliphatic carbocycles. The van der Waals surface area contributed by atoms with Crippen LogP contribution < -0.4 is 4.74 Å². The number of nitrogens with zero attached hydrogens (tertiary/aromatic N) is 1. The second-order valence-corrected chi connectivity index (χ2v) is 9.45. The zero-order chi connectivity index (χ0) is 19.7. The minimum Gasteiger partial charge on any atom is -0.497 e. The topological polar surface area (TPSA) is 14.2 Å². The lowest BCUT2D eigenvalue weighted by Gasteiger charge is -2.12. The van der Waals surface area contributed by atoms with Crippen molar-refractivity contribution in [3.05, 3.63) is 69.6 Å². The van der Waals surface area contributed by atoms with E-state index in [-0.39, 0.29) is 0 Å². The molecular formula is C22H18Br2FNOS. The maximum absolute atomic E-state index is 15.0. The third kappa shape index (κ3) is 4.09. The largest absolute Gasteiger partial charge is 0.497 e. The summed E-state index contributed by atoms with van der Waals surface area (Å²) in [6.45, 7) is 0.320. The van der Waals surface area contributed by atoms with E-state index in [1.807, 2.05) is 36.4 Å². The number of hydrogen-bond donors (Lipinski definition) is 0. The van der Waals surface area contributed by atoms with Crippen molar-refractivity contribution in [2.75, 3.05) is 12.9 Å². The molecule has 4 aromatic rings. The second-order valence-electron chi connectivity index (χ2n) is 6.52. The molecule has 0 fully saturated rings. The van der Waals surface area contributed by atoms with Gasteiger partial charge in [0.15, 0.2) is 0 Å². The van der Waals surface area contributed by atoms with Gasteiger partial charge in [-0.2, -0.15) is 0 Å². The van der Waals surface area contributed by atoms with Crippen LogP contribution in [-0.2, 0) is 6.54 Å². The van der Waals surface area contributed by atoms with Crippen LogP contribution in [0.5, 0.6) is 5.75 Å². The van der Waals surface area contributed by atoms with E-state index < -0.39 is 6.17 Å². The van der Waals surface area contributed by atoms with Gasteiger partial charge in [-0.05, 0) is 54.6 Å². The lowest BCUT2D eigenvalue weighted by Crippen LogP contribution is -2.13. The summed E-state index contributed by atoms with van der Waals surface area (Å²) in [7, 11) is 1.64. The Balaban J connectivity index is 1.61. The van der Waals surface area contributed by atoms with E-state index in [2.05, 4.69) is 60.7 Å². The molecule has 1 heterocycles. The van der Waals surface area contributed by atoms with Gasteiger partial charge in [-0.25, -0.2) is 4.39 Å². The SMILES string of the molecule is COc1cccc(SCC(F)Cn2c3ccc(Br)cc3c3cc(Br)ccc32)c1. The van der Waals surface area contributed by atoms with E-state index in [4.69, 9.17) is 4.74 Å². The van der Waals surface area contributed by atoms with Crippen molar-refractivity contribution >= 4 is 65.4 Å². The molecule has 0 saturated heterocycles. The van der Waals surface area contributed by atoms with Gasteiger partial charge in [-0.1, -0.05) is 37.9 Å². The van der Waals surface area contributed by atoms with Gasteiger partial charge in [0, 0.05) is 41.4 Å². The minimum atomic E-state index is -0.970. The first-order valence-corrected chi connectivity index (χ1v) is 11.4. The first kappa shape index (κ1) is 19.8. The zero-order valence-electron chi connectivity index (χ0n) is 15.2. The van der Waals surface area contributed by atoms with Crippen LogP contribution in [0.1, 0.15) is 0 Å². The highest BCUT2D eigenvalue weighted by Crippen LogP contribution is 2.34. The van der Waals surface area contributed by atoms with E-state index in [1.165, 1.54) is 11.8 Å². The number of ether oxygens (including phenoxy) is 1. The summed E-state index contributed by atoms with van der Waals surface area (Å²) in [4.78, 5) is 1.01. The average Bonchev–Trinajstić information content (AvgIpc) is 2.99. The summed E-state index contributed by atoms with van der Waals surface area (Å²) in [5, 5.41) is 2.25. The average molecular weight is 523 g/mol. The van der Waals surface area contributed by atoms with Gasteiger partial charge in [0.05, 0.1) is 13.7 Å². The normalized spacial score (nSPS) is 12.6. The van der Waals surface area contributed by atoms with Crippen LogP contribution in [0.3, 0.4) is 0 Å². The van der Waals surface area contributed by atoms with Gasteiger partial charge in [0.25, 0.3) is 0 Å². The molecular weight excluding hydrogens is 505 g/mol. The number of fused-ring (bicyclic) bond motifs is 3. The van der Waals surface area contributed by atoms with Crippen molar-refractivity contribution in [1.29, 1.82) is 0 Å². The monoisotopic (exact) mass is 521 g/mol. The van der Waals surface area contributed by atoms with Crippen LogP contribution in [0, 0.1) is 0 Å². The highest BCUT2D eigenvalue weighted by atomic mass is 79.9. The number of halogens is 3. The number of thioether (sulfide) groups is 1. The highest BCUT2D eigenvalue weighted by Gasteiger charge is 2.16. The highest BCUT2D eigenvalue weighted by molar-refractivity contribution is 9.10. The molecule has 6 heteroatoms. The molecule has 0 saturated carbocycles. The van der Waals surface area contributed by atoms with Crippen molar-refractivity contribution in [3.8, 4) is 5.75 Å². The summed E-state index contributed by atoms with van der Waals surface area (Å²) in [5.74, 6) is 1.18. The molecule has 2 nitrogen and oxygen atoms in total. The second kappa shape index (κ2) is 8.47. The number of aromatic nitrogens is 1. The van der Waals surface area contributed by atoms with E-state index in [0.29, 0.717) is 12.3 Å². The third-order valence-corrected chi connectivity index (χ3v) is 6.74. The van der Waals surface area contributed by atoms with Crippen LogP contribution in [-0.4, -0.2) is 23.6 Å². The molecule has 1 unspecified atom stereocenters. The number of benzene rings is 3. The Kier molecular flexibility index (Phi) is 5.99. The molecule has 0 amide bonds. The van der Waals surface area contributed by atoms with Gasteiger partial charge in [-0.3, -0.25) is 0 Å². The Labute approximate surface area is 184 Å². The van der Waals surface area contributed by atoms with Crippen molar-refractivity contribution in [1.82, 2.24) is 4.57 Å². The Morgan fingerprint density at radius 2 is 1.61 bits per heavy atom.